The van der Waals surface area contributed by atoms with Gasteiger partial charge in [-0.3, -0.25) is 0 Å². The van der Waals surface area contributed by atoms with Gasteiger partial charge in [0.2, 0.25) is 0 Å². The van der Waals surface area contributed by atoms with Crippen LogP contribution in [0.15, 0.2) is 12.2 Å². The third-order valence-corrected chi connectivity index (χ3v) is 4.53. The number of hydrogen-bond acceptors (Lipinski definition) is 3. The van der Waals surface area contributed by atoms with E-state index in [2.05, 4.69) is 12.2 Å². The SMILES string of the molecule is O[C@@H]1CCC=CC[C@@]12CCCC21OCCO1. The van der Waals surface area contributed by atoms with Gasteiger partial charge in [-0.25, -0.2) is 0 Å². The lowest BCUT2D eigenvalue weighted by Gasteiger charge is -2.44. The van der Waals surface area contributed by atoms with Crippen LogP contribution in [0.5, 0.6) is 0 Å². The molecule has 3 aliphatic rings. The molecule has 2 spiro atoms. The maximum absolute atomic E-state index is 10.5. The molecule has 1 saturated heterocycles. The van der Waals surface area contributed by atoms with Crippen molar-refractivity contribution in [3.63, 3.8) is 0 Å². The summed E-state index contributed by atoms with van der Waals surface area (Å²) in [7, 11) is 0. The Bertz CT molecular complexity index is 288. The van der Waals surface area contributed by atoms with Crippen LogP contribution in [0.3, 0.4) is 0 Å². The van der Waals surface area contributed by atoms with Crippen LogP contribution >= 0.6 is 0 Å². The first-order valence-electron chi connectivity index (χ1n) is 6.40. The molecule has 0 aromatic heterocycles. The second-order valence-electron chi connectivity index (χ2n) is 5.23. The summed E-state index contributed by atoms with van der Waals surface area (Å²) in [5.74, 6) is -0.485. The molecule has 0 aromatic carbocycles. The molecule has 0 amide bonds. The van der Waals surface area contributed by atoms with Crippen molar-refractivity contribution >= 4 is 0 Å². The largest absolute Gasteiger partial charge is 0.392 e. The summed E-state index contributed by atoms with van der Waals surface area (Å²) < 4.78 is 11.8. The molecule has 1 N–H and O–H groups in total. The minimum atomic E-state index is -0.485. The highest BCUT2D eigenvalue weighted by molar-refractivity contribution is 5.10. The third kappa shape index (κ3) is 1.31. The maximum Gasteiger partial charge on any atom is 0.176 e. The number of aliphatic hydroxyl groups excluding tert-OH is 1. The zero-order chi connectivity index (χ0) is 11.1. The Balaban J connectivity index is 1.96. The quantitative estimate of drug-likeness (QED) is 0.640. The summed E-state index contributed by atoms with van der Waals surface area (Å²) in [4.78, 5) is 0. The van der Waals surface area contributed by atoms with Crippen LogP contribution in [0.25, 0.3) is 0 Å². The lowest BCUT2D eigenvalue weighted by atomic mass is 9.73. The topological polar surface area (TPSA) is 38.7 Å². The van der Waals surface area contributed by atoms with Crippen LogP contribution in [0.1, 0.15) is 38.5 Å². The van der Waals surface area contributed by atoms with E-state index in [1.165, 1.54) is 0 Å². The van der Waals surface area contributed by atoms with Crippen LogP contribution in [0, 0.1) is 5.41 Å². The summed E-state index contributed by atoms with van der Waals surface area (Å²) >= 11 is 0. The average Bonchev–Trinajstić information content (AvgIpc) is 2.84. The normalized spacial score (nSPS) is 41.9. The van der Waals surface area contributed by atoms with Gasteiger partial charge in [-0.05, 0) is 32.1 Å². The van der Waals surface area contributed by atoms with E-state index in [0.29, 0.717) is 13.2 Å². The standard InChI is InChI=1S/C13H20O3/c14-11-5-2-1-3-6-12(11)7-4-8-13(12)15-9-10-16-13/h1,3,11,14H,2,4-10H2/t11-,12-/m1/s1. The Morgan fingerprint density at radius 1 is 1.12 bits per heavy atom. The fraction of sp³-hybridized carbons (Fsp3) is 0.846. The van der Waals surface area contributed by atoms with Gasteiger partial charge in [0.05, 0.1) is 24.7 Å². The van der Waals surface area contributed by atoms with Crippen LogP contribution in [0.2, 0.25) is 0 Å². The zero-order valence-corrected chi connectivity index (χ0v) is 9.65. The molecule has 3 rings (SSSR count). The van der Waals surface area contributed by atoms with Gasteiger partial charge in [0.1, 0.15) is 0 Å². The highest BCUT2D eigenvalue weighted by Crippen LogP contribution is 2.57. The molecule has 3 nitrogen and oxygen atoms in total. The van der Waals surface area contributed by atoms with Crippen molar-refractivity contribution in [3.8, 4) is 0 Å². The fourth-order valence-electron chi connectivity index (χ4n) is 3.72. The summed E-state index contributed by atoms with van der Waals surface area (Å²) in [6, 6.07) is 0. The molecule has 2 aliphatic carbocycles. The molecule has 90 valence electrons. The highest BCUT2D eigenvalue weighted by atomic mass is 16.7. The fourth-order valence-corrected chi connectivity index (χ4v) is 3.72. The minimum absolute atomic E-state index is 0.184. The average molecular weight is 224 g/mol. The van der Waals surface area contributed by atoms with E-state index in [1.807, 2.05) is 0 Å². The van der Waals surface area contributed by atoms with Gasteiger partial charge in [0, 0.05) is 6.42 Å². The molecule has 1 saturated carbocycles. The van der Waals surface area contributed by atoms with Crippen LogP contribution in [-0.4, -0.2) is 30.2 Å². The van der Waals surface area contributed by atoms with Crippen molar-refractivity contribution in [2.75, 3.05) is 13.2 Å². The minimum Gasteiger partial charge on any atom is -0.392 e. The molecule has 2 fully saturated rings. The number of ether oxygens (including phenoxy) is 2. The molecular weight excluding hydrogens is 204 g/mol. The maximum atomic E-state index is 10.5. The Morgan fingerprint density at radius 3 is 2.75 bits per heavy atom. The van der Waals surface area contributed by atoms with Crippen molar-refractivity contribution in [1.82, 2.24) is 0 Å². The number of allylic oxidation sites excluding steroid dienone is 2. The number of hydrogen-bond donors (Lipinski definition) is 1. The molecule has 2 atom stereocenters. The first kappa shape index (κ1) is 10.8. The van der Waals surface area contributed by atoms with E-state index >= 15 is 0 Å². The number of aliphatic hydroxyl groups is 1. The van der Waals surface area contributed by atoms with Crippen molar-refractivity contribution in [1.29, 1.82) is 0 Å². The number of fused-ring (bicyclic) bond motifs is 1. The van der Waals surface area contributed by atoms with Crippen LogP contribution < -0.4 is 0 Å². The molecule has 1 aliphatic heterocycles. The van der Waals surface area contributed by atoms with Crippen LogP contribution in [-0.2, 0) is 9.47 Å². The van der Waals surface area contributed by atoms with Crippen molar-refractivity contribution in [2.24, 2.45) is 5.41 Å². The van der Waals surface area contributed by atoms with Gasteiger partial charge in [-0.15, -0.1) is 0 Å². The molecule has 0 bridgehead atoms. The zero-order valence-electron chi connectivity index (χ0n) is 9.65. The first-order chi connectivity index (χ1) is 7.79. The summed E-state index contributed by atoms with van der Waals surface area (Å²) in [6.45, 7) is 1.36. The molecule has 0 unspecified atom stereocenters. The van der Waals surface area contributed by atoms with Crippen LogP contribution in [0.4, 0.5) is 0 Å². The van der Waals surface area contributed by atoms with E-state index in [9.17, 15) is 5.11 Å². The molecule has 0 aromatic rings. The smallest absolute Gasteiger partial charge is 0.176 e. The summed E-state index contributed by atoms with van der Waals surface area (Å²) in [6.07, 6.45) is 9.87. The van der Waals surface area contributed by atoms with Gasteiger partial charge in [-0.1, -0.05) is 12.2 Å². The Morgan fingerprint density at radius 2 is 1.94 bits per heavy atom. The lowest BCUT2D eigenvalue weighted by molar-refractivity contribution is -0.247. The second kappa shape index (κ2) is 3.83. The molecule has 0 radical (unpaired) electrons. The Kier molecular flexibility index (Phi) is 2.57. The van der Waals surface area contributed by atoms with E-state index in [-0.39, 0.29) is 11.5 Å². The lowest BCUT2D eigenvalue weighted by Crippen LogP contribution is -2.51. The van der Waals surface area contributed by atoms with Gasteiger partial charge in [-0.2, -0.15) is 0 Å². The molecule has 1 heterocycles. The van der Waals surface area contributed by atoms with E-state index in [4.69, 9.17) is 9.47 Å². The Hall–Kier alpha value is -0.380. The van der Waals surface area contributed by atoms with Crippen molar-refractivity contribution < 1.29 is 14.6 Å². The van der Waals surface area contributed by atoms with Gasteiger partial charge in [0.25, 0.3) is 0 Å². The van der Waals surface area contributed by atoms with E-state index in [1.54, 1.807) is 0 Å². The Labute approximate surface area is 96.4 Å². The molecule has 3 heteroatoms. The second-order valence-corrected chi connectivity index (χ2v) is 5.23. The third-order valence-electron chi connectivity index (χ3n) is 4.53. The molecular formula is C13H20O3. The van der Waals surface area contributed by atoms with Gasteiger partial charge >= 0.3 is 0 Å². The van der Waals surface area contributed by atoms with Gasteiger partial charge < -0.3 is 14.6 Å². The van der Waals surface area contributed by atoms with Crippen molar-refractivity contribution in [3.05, 3.63) is 12.2 Å². The summed E-state index contributed by atoms with van der Waals surface area (Å²) in [5.41, 5.74) is -0.184. The number of rotatable bonds is 0. The first-order valence-corrected chi connectivity index (χ1v) is 6.40. The van der Waals surface area contributed by atoms with E-state index < -0.39 is 5.79 Å². The summed E-state index contributed by atoms with van der Waals surface area (Å²) in [5, 5.41) is 10.5. The molecule has 16 heavy (non-hydrogen) atoms. The highest BCUT2D eigenvalue weighted by Gasteiger charge is 2.61. The van der Waals surface area contributed by atoms with Crippen molar-refractivity contribution in [2.45, 2.75) is 50.4 Å². The predicted octanol–water partition coefficient (Wildman–Crippen LogP) is 2.00. The predicted molar refractivity (Wildman–Crippen MR) is 59.9 cm³/mol. The van der Waals surface area contributed by atoms with E-state index in [0.717, 1.165) is 38.5 Å². The monoisotopic (exact) mass is 224 g/mol. The van der Waals surface area contributed by atoms with Gasteiger partial charge in [0.15, 0.2) is 5.79 Å².